The van der Waals surface area contributed by atoms with Crippen LogP contribution < -0.4 is 10.6 Å². The van der Waals surface area contributed by atoms with Crippen LogP contribution in [-0.2, 0) is 10.2 Å². The zero-order valence-electron chi connectivity index (χ0n) is 15.1. The summed E-state index contributed by atoms with van der Waals surface area (Å²) in [5, 5.41) is 6.69. The molecule has 25 heavy (non-hydrogen) atoms. The lowest BCUT2D eigenvalue weighted by Gasteiger charge is -2.57. The van der Waals surface area contributed by atoms with E-state index in [0.29, 0.717) is 5.41 Å². The molecule has 4 bridgehead atoms. The van der Waals surface area contributed by atoms with Crippen LogP contribution in [0.3, 0.4) is 0 Å². The maximum atomic E-state index is 12.8. The Morgan fingerprint density at radius 3 is 2.36 bits per heavy atom. The molecule has 3 heteroatoms. The standard InChI is InChI=1S/C22H30N2O/c25-21(18-4-3-7-23-14-18)24-20-6-2-1-5-19(20)22-11-15-8-16(12-22)10-17(9-15)13-22/h1-2,5-6,15-18,23H,3-4,7-14H2,(H,24,25)/t15?,16?,17?,18-,22?/m0/s1. The van der Waals surface area contributed by atoms with Gasteiger partial charge in [0.05, 0.1) is 5.92 Å². The number of carbonyl (C=O) groups excluding carboxylic acids is 1. The van der Waals surface area contributed by atoms with Crippen LogP contribution in [-0.4, -0.2) is 19.0 Å². The first-order chi connectivity index (χ1) is 12.2. The van der Waals surface area contributed by atoms with E-state index in [1.807, 2.05) is 0 Å². The average molecular weight is 338 g/mol. The number of benzene rings is 1. The lowest BCUT2D eigenvalue weighted by molar-refractivity contribution is -0.120. The van der Waals surface area contributed by atoms with Gasteiger partial charge in [0.25, 0.3) is 0 Å². The molecule has 6 rings (SSSR count). The molecule has 5 fully saturated rings. The molecule has 2 N–H and O–H groups in total. The number of piperidine rings is 1. The van der Waals surface area contributed by atoms with Crippen molar-refractivity contribution in [1.82, 2.24) is 5.32 Å². The second kappa shape index (κ2) is 6.12. The number of amides is 1. The molecule has 0 spiro atoms. The SMILES string of the molecule is O=C(Nc1ccccc1C12CC3CC(CC(C3)C1)C2)[C@H]1CCCNC1. The van der Waals surface area contributed by atoms with Gasteiger partial charge in [-0.05, 0) is 92.7 Å². The number of hydrogen-bond donors (Lipinski definition) is 2. The number of nitrogens with one attached hydrogen (secondary N) is 2. The molecular weight excluding hydrogens is 308 g/mol. The van der Waals surface area contributed by atoms with Gasteiger partial charge in [0, 0.05) is 12.2 Å². The van der Waals surface area contributed by atoms with Gasteiger partial charge in [0.1, 0.15) is 0 Å². The summed E-state index contributed by atoms with van der Waals surface area (Å²) >= 11 is 0. The van der Waals surface area contributed by atoms with E-state index in [9.17, 15) is 4.79 Å². The van der Waals surface area contributed by atoms with Crippen molar-refractivity contribution in [3.63, 3.8) is 0 Å². The summed E-state index contributed by atoms with van der Waals surface area (Å²) in [5.74, 6) is 3.12. The number of rotatable bonds is 3. The van der Waals surface area contributed by atoms with Gasteiger partial charge in [-0.25, -0.2) is 0 Å². The minimum absolute atomic E-state index is 0.123. The van der Waals surface area contributed by atoms with Crippen LogP contribution in [0.4, 0.5) is 5.69 Å². The first-order valence-corrected chi connectivity index (χ1v) is 10.3. The van der Waals surface area contributed by atoms with Crippen molar-refractivity contribution < 1.29 is 4.79 Å². The van der Waals surface area contributed by atoms with Crippen molar-refractivity contribution >= 4 is 11.6 Å². The lowest BCUT2D eigenvalue weighted by atomic mass is 9.48. The van der Waals surface area contributed by atoms with Crippen molar-refractivity contribution in [3.05, 3.63) is 29.8 Å². The molecule has 5 aliphatic rings. The molecule has 4 aliphatic carbocycles. The molecule has 1 heterocycles. The molecule has 1 atom stereocenters. The maximum Gasteiger partial charge on any atom is 0.228 e. The van der Waals surface area contributed by atoms with E-state index in [0.717, 1.165) is 49.4 Å². The number of para-hydroxylation sites is 1. The highest BCUT2D eigenvalue weighted by Gasteiger charge is 2.52. The molecule has 0 aromatic heterocycles. The molecule has 0 radical (unpaired) electrons. The molecule has 1 saturated heterocycles. The van der Waals surface area contributed by atoms with Crippen molar-refractivity contribution in [1.29, 1.82) is 0 Å². The number of carbonyl (C=O) groups is 1. The highest BCUT2D eigenvalue weighted by atomic mass is 16.1. The summed E-state index contributed by atoms with van der Waals surface area (Å²) in [4.78, 5) is 12.8. The Morgan fingerprint density at radius 2 is 1.72 bits per heavy atom. The Balaban J connectivity index is 1.42. The second-order valence-electron chi connectivity index (χ2n) is 9.28. The van der Waals surface area contributed by atoms with E-state index in [2.05, 4.69) is 34.9 Å². The fourth-order valence-corrected chi connectivity index (χ4v) is 6.81. The summed E-state index contributed by atoms with van der Waals surface area (Å²) in [5.41, 5.74) is 2.87. The van der Waals surface area contributed by atoms with Crippen molar-refractivity contribution in [2.45, 2.75) is 56.8 Å². The number of anilines is 1. The molecule has 134 valence electrons. The summed E-state index contributed by atoms with van der Waals surface area (Å²) in [6.45, 7) is 1.87. The first kappa shape index (κ1) is 15.9. The summed E-state index contributed by atoms with van der Waals surface area (Å²) in [6.07, 6.45) is 10.5. The van der Waals surface area contributed by atoms with E-state index < -0.39 is 0 Å². The van der Waals surface area contributed by atoms with Crippen molar-refractivity contribution in [3.8, 4) is 0 Å². The predicted octanol–water partition coefficient (Wildman–Crippen LogP) is 4.09. The molecular formula is C22H30N2O. The van der Waals surface area contributed by atoms with E-state index in [1.165, 1.54) is 44.1 Å². The first-order valence-electron chi connectivity index (χ1n) is 10.3. The van der Waals surface area contributed by atoms with Gasteiger partial charge < -0.3 is 10.6 Å². The van der Waals surface area contributed by atoms with Crippen LogP contribution in [0.1, 0.15) is 56.9 Å². The second-order valence-corrected chi connectivity index (χ2v) is 9.28. The van der Waals surface area contributed by atoms with E-state index in [1.54, 1.807) is 0 Å². The Morgan fingerprint density at radius 1 is 1.04 bits per heavy atom. The van der Waals surface area contributed by atoms with Crippen molar-refractivity contribution in [2.75, 3.05) is 18.4 Å². The maximum absolute atomic E-state index is 12.8. The van der Waals surface area contributed by atoms with E-state index in [4.69, 9.17) is 0 Å². The fourth-order valence-electron chi connectivity index (χ4n) is 6.81. The van der Waals surface area contributed by atoms with Crippen LogP contribution in [0.25, 0.3) is 0 Å². The summed E-state index contributed by atoms with van der Waals surface area (Å²) < 4.78 is 0. The molecule has 4 saturated carbocycles. The normalized spacial score (nSPS) is 39.4. The van der Waals surface area contributed by atoms with Crippen LogP contribution in [0.15, 0.2) is 24.3 Å². The molecule has 1 aliphatic heterocycles. The Bertz CT molecular complexity index is 626. The zero-order chi connectivity index (χ0) is 16.9. The molecule has 1 aromatic carbocycles. The molecule has 1 aromatic rings. The zero-order valence-corrected chi connectivity index (χ0v) is 15.1. The third kappa shape index (κ3) is 2.81. The topological polar surface area (TPSA) is 41.1 Å². The Kier molecular flexibility index (Phi) is 3.89. The Labute approximate surface area is 151 Å². The summed E-state index contributed by atoms with van der Waals surface area (Å²) in [7, 11) is 0. The average Bonchev–Trinajstić information content (AvgIpc) is 2.62. The van der Waals surface area contributed by atoms with Crippen LogP contribution >= 0.6 is 0 Å². The van der Waals surface area contributed by atoms with Gasteiger partial charge in [-0.2, -0.15) is 0 Å². The lowest BCUT2D eigenvalue weighted by Crippen LogP contribution is -2.49. The highest BCUT2D eigenvalue weighted by molar-refractivity contribution is 5.93. The van der Waals surface area contributed by atoms with Crippen LogP contribution in [0, 0.1) is 23.7 Å². The van der Waals surface area contributed by atoms with Crippen molar-refractivity contribution in [2.24, 2.45) is 23.7 Å². The summed E-state index contributed by atoms with van der Waals surface area (Å²) in [6, 6.07) is 8.70. The fraction of sp³-hybridized carbons (Fsp3) is 0.682. The van der Waals surface area contributed by atoms with E-state index in [-0.39, 0.29) is 11.8 Å². The molecule has 1 amide bonds. The predicted molar refractivity (Wildman–Crippen MR) is 101 cm³/mol. The van der Waals surface area contributed by atoms with Gasteiger partial charge in [-0.1, -0.05) is 18.2 Å². The van der Waals surface area contributed by atoms with Gasteiger partial charge in [-0.15, -0.1) is 0 Å². The minimum Gasteiger partial charge on any atom is -0.326 e. The van der Waals surface area contributed by atoms with Crippen LogP contribution in [0.5, 0.6) is 0 Å². The molecule has 0 unspecified atom stereocenters. The highest BCUT2D eigenvalue weighted by Crippen LogP contribution is 2.61. The van der Waals surface area contributed by atoms with Gasteiger partial charge in [0.2, 0.25) is 5.91 Å². The quantitative estimate of drug-likeness (QED) is 0.871. The van der Waals surface area contributed by atoms with Gasteiger partial charge >= 0.3 is 0 Å². The monoisotopic (exact) mass is 338 g/mol. The minimum atomic E-state index is 0.123. The van der Waals surface area contributed by atoms with E-state index >= 15 is 0 Å². The smallest absolute Gasteiger partial charge is 0.228 e. The largest absolute Gasteiger partial charge is 0.326 e. The number of hydrogen-bond acceptors (Lipinski definition) is 2. The molecule has 3 nitrogen and oxygen atoms in total. The Hall–Kier alpha value is -1.35. The van der Waals surface area contributed by atoms with Gasteiger partial charge in [-0.3, -0.25) is 4.79 Å². The van der Waals surface area contributed by atoms with Gasteiger partial charge in [0.15, 0.2) is 0 Å². The van der Waals surface area contributed by atoms with Crippen LogP contribution in [0.2, 0.25) is 0 Å². The third-order valence-electron chi connectivity index (χ3n) is 7.46. The third-order valence-corrected chi connectivity index (χ3v) is 7.46.